The molecule has 6 nitrogen and oxygen atoms in total. The van der Waals surface area contributed by atoms with Crippen molar-refractivity contribution in [3.8, 4) is 5.75 Å². The number of sulfonamides is 1. The van der Waals surface area contributed by atoms with Gasteiger partial charge < -0.3 is 9.47 Å². The lowest BCUT2D eigenvalue weighted by atomic mass is 10.1. The standard InChI is InChI=1S/C19H22Cl2N2O4S/c1-26-19-6-5-16(12-17(19)21)28(24,25)22-13-18(23-7-9-27-10-8-23)14-3-2-4-15(20)11-14/h2-6,11-12,18,22H,7-10,13H2,1H3. The molecule has 0 radical (unpaired) electrons. The average molecular weight is 445 g/mol. The minimum absolute atomic E-state index is 0.0881. The Kier molecular flexibility index (Phi) is 7.20. The number of hydrogen-bond acceptors (Lipinski definition) is 5. The fraction of sp³-hybridized carbons (Fsp3) is 0.368. The molecule has 0 spiro atoms. The first-order chi connectivity index (χ1) is 13.4. The highest BCUT2D eigenvalue weighted by Gasteiger charge is 2.25. The Balaban J connectivity index is 1.81. The number of methoxy groups -OCH3 is 1. The number of rotatable bonds is 7. The van der Waals surface area contributed by atoms with Crippen molar-refractivity contribution in [1.29, 1.82) is 0 Å². The molecule has 152 valence electrons. The van der Waals surface area contributed by atoms with Gasteiger partial charge in [0.25, 0.3) is 0 Å². The summed E-state index contributed by atoms with van der Waals surface area (Å²) in [5.74, 6) is 0.422. The van der Waals surface area contributed by atoms with E-state index in [2.05, 4.69) is 9.62 Å². The molecule has 1 N–H and O–H groups in total. The van der Waals surface area contributed by atoms with Gasteiger partial charge in [-0.05, 0) is 35.9 Å². The van der Waals surface area contributed by atoms with Crippen molar-refractivity contribution in [2.45, 2.75) is 10.9 Å². The molecule has 1 aliphatic heterocycles. The Hall–Kier alpha value is -1.35. The number of morpholine rings is 1. The van der Waals surface area contributed by atoms with Crippen LogP contribution in [0.5, 0.6) is 5.75 Å². The van der Waals surface area contributed by atoms with Crippen molar-refractivity contribution >= 4 is 33.2 Å². The average Bonchev–Trinajstić information content (AvgIpc) is 2.69. The molecule has 0 bridgehead atoms. The van der Waals surface area contributed by atoms with Gasteiger partial charge in [0.05, 0.1) is 30.2 Å². The van der Waals surface area contributed by atoms with E-state index in [1.165, 1.54) is 25.3 Å². The first-order valence-corrected chi connectivity index (χ1v) is 11.0. The maximum Gasteiger partial charge on any atom is 0.240 e. The smallest absolute Gasteiger partial charge is 0.240 e. The van der Waals surface area contributed by atoms with Gasteiger partial charge in [0, 0.05) is 30.7 Å². The third-order valence-electron chi connectivity index (χ3n) is 4.62. The van der Waals surface area contributed by atoms with Crippen molar-refractivity contribution in [3.05, 3.63) is 58.1 Å². The zero-order valence-corrected chi connectivity index (χ0v) is 17.7. The van der Waals surface area contributed by atoms with Crippen LogP contribution in [0, 0.1) is 0 Å². The molecule has 1 heterocycles. The maximum atomic E-state index is 12.8. The molecule has 2 aromatic carbocycles. The summed E-state index contributed by atoms with van der Waals surface area (Å²) in [4.78, 5) is 2.28. The van der Waals surface area contributed by atoms with Crippen LogP contribution in [0.3, 0.4) is 0 Å². The van der Waals surface area contributed by atoms with Crippen molar-refractivity contribution in [2.75, 3.05) is 40.0 Å². The molecule has 0 aliphatic carbocycles. The van der Waals surface area contributed by atoms with E-state index in [9.17, 15) is 8.42 Å². The highest BCUT2D eigenvalue weighted by Crippen LogP contribution is 2.28. The minimum Gasteiger partial charge on any atom is -0.495 e. The first-order valence-electron chi connectivity index (χ1n) is 8.81. The lowest BCUT2D eigenvalue weighted by molar-refractivity contribution is 0.0172. The lowest BCUT2D eigenvalue weighted by Gasteiger charge is -2.35. The summed E-state index contributed by atoms with van der Waals surface area (Å²) in [6.45, 7) is 2.85. The van der Waals surface area contributed by atoms with E-state index < -0.39 is 10.0 Å². The van der Waals surface area contributed by atoms with Gasteiger partial charge in [-0.1, -0.05) is 35.3 Å². The van der Waals surface area contributed by atoms with Crippen molar-refractivity contribution < 1.29 is 17.9 Å². The quantitative estimate of drug-likeness (QED) is 0.708. The van der Waals surface area contributed by atoms with Crippen molar-refractivity contribution in [3.63, 3.8) is 0 Å². The number of nitrogens with zero attached hydrogens (tertiary/aromatic N) is 1. The molecule has 28 heavy (non-hydrogen) atoms. The Morgan fingerprint density at radius 3 is 2.57 bits per heavy atom. The van der Waals surface area contributed by atoms with E-state index in [-0.39, 0.29) is 22.5 Å². The highest BCUT2D eigenvalue weighted by molar-refractivity contribution is 7.89. The van der Waals surface area contributed by atoms with Crippen LogP contribution in [0.15, 0.2) is 47.4 Å². The molecule has 1 aliphatic rings. The summed E-state index contributed by atoms with van der Waals surface area (Å²) in [5, 5.41) is 0.852. The van der Waals surface area contributed by atoms with Crippen molar-refractivity contribution in [1.82, 2.24) is 9.62 Å². The fourth-order valence-electron chi connectivity index (χ4n) is 3.15. The second-order valence-electron chi connectivity index (χ2n) is 6.37. The van der Waals surface area contributed by atoms with E-state index in [0.29, 0.717) is 37.1 Å². The molecule has 0 amide bonds. The SMILES string of the molecule is COc1ccc(S(=O)(=O)NCC(c2cccc(Cl)c2)N2CCOCC2)cc1Cl. The predicted octanol–water partition coefficient (Wildman–Crippen LogP) is 3.35. The van der Waals surface area contributed by atoms with Gasteiger partial charge in [-0.2, -0.15) is 0 Å². The van der Waals surface area contributed by atoms with Crippen LogP contribution in [-0.4, -0.2) is 53.3 Å². The molecule has 9 heteroatoms. The Morgan fingerprint density at radius 2 is 1.93 bits per heavy atom. The third-order valence-corrected chi connectivity index (χ3v) is 6.57. The number of ether oxygens (including phenoxy) is 2. The summed E-state index contributed by atoms with van der Waals surface area (Å²) in [6.07, 6.45) is 0. The van der Waals surface area contributed by atoms with E-state index in [1.807, 2.05) is 18.2 Å². The highest BCUT2D eigenvalue weighted by atomic mass is 35.5. The van der Waals surface area contributed by atoms with Gasteiger partial charge in [0.1, 0.15) is 5.75 Å². The molecule has 1 fully saturated rings. The fourth-order valence-corrected chi connectivity index (χ4v) is 4.73. The summed E-state index contributed by atoms with van der Waals surface area (Å²) < 4.78 is 38.8. The zero-order chi connectivity index (χ0) is 20.1. The van der Waals surface area contributed by atoms with Crippen LogP contribution in [0.25, 0.3) is 0 Å². The van der Waals surface area contributed by atoms with Crippen molar-refractivity contribution in [2.24, 2.45) is 0 Å². The maximum absolute atomic E-state index is 12.8. The second-order valence-corrected chi connectivity index (χ2v) is 8.98. The second kappa shape index (κ2) is 9.43. The van der Waals surface area contributed by atoms with Crippen LogP contribution in [-0.2, 0) is 14.8 Å². The first kappa shape index (κ1) is 21.4. The minimum atomic E-state index is -3.74. The number of hydrogen-bond donors (Lipinski definition) is 1. The van der Waals surface area contributed by atoms with Crippen LogP contribution < -0.4 is 9.46 Å². The van der Waals surface area contributed by atoms with Crippen LogP contribution in [0.2, 0.25) is 10.0 Å². The van der Waals surface area contributed by atoms with Gasteiger partial charge >= 0.3 is 0 Å². The van der Waals surface area contributed by atoms with E-state index in [4.69, 9.17) is 32.7 Å². The monoisotopic (exact) mass is 444 g/mol. The molecular formula is C19H22Cl2N2O4S. The molecule has 1 saturated heterocycles. The van der Waals surface area contributed by atoms with Crippen LogP contribution >= 0.6 is 23.2 Å². The lowest BCUT2D eigenvalue weighted by Crippen LogP contribution is -2.43. The zero-order valence-electron chi connectivity index (χ0n) is 15.4. The van der Waals surface area contributed by atoms with Gasteiger partial charge in [-0.3, -0.25) is 4.90 Å². The summed E-state index contributed by atoms with van der Waals surface area (Å²) >= 11 is 12.2. The molecule has 0 aromatic heterocycles. The molecule has 0 saturated carbocycles. The normalized spacial score (nSPS) is 16.7. The molecule has 1 atom stereocenters. The van der Waals surface area contributed by atoms with E-state index >= 15 is 0 Å². The Morgan fingerprint density at radius 1 is 1.18 bits per heavy atom. The van der Waals surface area contributed by atoms with Gasteiger partial charge in [0.2, 0.25) is 10.0 Å². The van der Waals surface area contributed by atoms with Crippen LogP contribution in [0.1, 0.15) is 11.6 Å². The van der Waals surface area contributed by atoms with Gasteiger partial charge in [-0.25, -0.2) is 13.1 Å². The Bertz CT molecular complexity index is 918. The van der Waals surface area contributed by atoms with Gasteiger partial charge in [-0.15, -0.1) is 0 Å². The van der Waals surface area contributed by atoms with Gasteiger partial charge in [0.15, 0.2) is 0 Å². The Labute approximate surface area is 175 Å². The number of nitrogens with one attached hydrogen (secondary N) is 1. The molecule has 1 unspecified atom stereocenters. The van der Waals surface area contributed by atoms with E-state index in [0.717, 1.165) is 5.56 Å². The van der Waals surface area contributed by atoms with Crippen LogP contribution in [0.4, 0.5) is 0 Å². The largest absolute Gasteiger partial charge is 0.495 e. The summed E-state index contributed by atoms with van der Waals surface area (Å²) in [6, 6.07) is 11.7. The summed E-state index contributed by atoms with van der Waals surface area (Å²) in [7, 11) is -2.26. The van der Waals surface area contributed by atoms with E-state index in [1.54, 1.807) is 6.07 Å². The molecule has 3 rings (SSSR count). The number of benzene rings is 2. The topological polar surface area (TPSA) is 67.9 Å². The number of halogens is 2. The molecule has 2 aromatic rings. The summed E-state index contributed by atoms with van der Waals surface area (Å²) in [5.41, 5.74) is 0.949. The molecular weight excluding hydrogens is 423 g/mol. The predicted molar refractivity (Wildman–Crippen MR) is 110 cm³/mol. The third kappa shape index (κ3) is 5.17.